The molecular formula is C16H15Br2F2N. The minimum absolute atomic E-state index is 0.0713. The molecule has 0 aliphatic carbocycles. The third-order valence-corrected chi connectivity index (χ3v) is 4.65. The van der Waals surface area contributed by atoms with Crippen molar-refractivity contribution in [3.63, 3.8) is 0 Å². The number of likely N-dealkylation sites (N-methyl/N-ethyl adjacent to an activating group) is 1. The molecule has 0 spiro atoms. The fourth-order valence-electron chi connectivity index (χ4n) is 2.27. The molecule has 0 heterocycles. The molecule has 0 saturated heterocycles. The van der Waals surface area contributed by atoms with Crippen molar-refractivity contribution in [2.24, 2.45) is 0 Å². The summed E-state index contributed by atoms with van der Waals surface area (Å²) < 4.78 is 29.6. The summed E-state index contributed by atoms with van der Waals surface area (Å²) in [5, 5.41) is 3.16. The summed E-state index contributed by atoms with van der Waals surface area (Å²) in [7, 11) is 0. The Morgan fingerprint density at radius 1 is 1.05 bits per heavy atom. The van der Waals surface area contributed by atoms with Gasteiger partial charge in [0.25, 0.3) is 0 Å². The molecule has 0 aliphatic rings. The standard InChI is InChI=1S/C16H15Br2F2N/c1-2-21-14(9-10-5-3-4-6-11(10)17)15-13(19)8-7-12(18)16(15)20/h3-8,14,21H,2,9H2,1H3. The van der Waals surface area contributed by atoms with Crippen molar-refractivity contribution >= 4 is 31.9 Å². The Bertz CT molecular complexity index is 632. The van der Waals surface area contributed by atoms with Crippen LogP contribution in [0.4, 0.5) is 8.78 Å². The van der Waals surface area contributed by atoms with Gasteiger partial charge in [-0.3, -0.25) is 0 Å². The second kappa shape index (κ2) is 7.47. The van der Waals surface area contributed by atoms with Crippen molar-refractivity contribution in [2.45, 2.75) is 19.4 Å². The Morgan fingerprint density at radius 2 is 1.76 bits per heavy atom. The second-order valence-electron chi connectivity index (χ2n) is 4.66. The normalized spacial score (nSPS) is 12.4. The molecule has 2 aromatic carbocycles. The van der Waals surface area contributed by atoms with Crippen LogP contribution in [0.25, 0.3) is 0 Å². The Kier molecular flexibility index (Phi) is 5.90. The highest BCUT2D eigenvalue weighted by Crippen LogP contribution is 2.30. The highest BCUT2D eigenvalue weighted by atomic mass is 79.9. The molecule has 1 N–H and O–H groups in total. The fourth-order valence-corrected chi connectivity index (χ4v) is 3.06. The largest absolute Gasteiger partial charge is 0.310 e. The minimum Gasteiger partial charge on any atom is -0.310 e. The predicted molar refractivity (Wildman–Crippen MR) is 88.3 cm³/mol. The third kappa shape index (κ3) is 3.90. The van der Waals surface area contributed by atoms with Crippen molar-refractivity contribution in [1.29, 1.82) is 0 Å². The maximum Gasteiger partial charge on any atom is 0.145 e. The molecule has 2 aromatic rings. The van der Waals surface area contributed by atoms with Crippen LogP contribution in [0.3, 0.4) is 0 Å². The van der Waals surface area contributed by atoms with Gasteiger partial charge in [0.2, 0.25) is 0 Å². The molecule has 0 aromatic heterocycles. The average Bonchev–Trinajstić information content (AvgIpc) is 2.46. The van der Waals surface area contributed by atoms with Gasteiger partial charge in [-0.1, -0.05) is 41.1 Å². The van der Waals surface area contributed by atoms with E-state index in [4.69, 9.17) is 0 Å². The monoisotopic (exact) mass is 417 g/mol. The van der Waals surface area contributed by atoms with Crippen LogP contribution in [-0.4, -0.2) is 6.54 Å². The Morgan fingerprint density at radius 3 is 2.43 bits per heavy atom. The van der Waals surface area contributed by atoms with E-state index in [0.29, 0.717) is 13.0 Å². The summed E-state index contributed by atoms with van der Waals surface area (Å²) in [6.07, 6.45) is 0.500. The van der Waals surface area contributed by atoms with Gasteiger partial charge in [0.1, 0.15) is 11.6 Å². The van der Waals surface area contributed by atoms with Crippen LogP contribution in [0, 0.1) is 11.6 Å². The predicted octanol–water partition coefficient (Wildman–Crippen LogP) is 5.38. The Balaban J connectivity index is 2.40. The van der Waals surface area contributed by atoms with Gasteiger partial charge in [0, 0.05) is 16.1 Å². The van der Waals surface area contributed by atoms with E-state index in [2.05, 4.69) is 37.2 Å². The third-order valence-electron chi connectivity index (χ3n) is 3.26. The minimum atomic E-state index is -0.548. The van der Waals surface area contributed by atoms with Gasteiger partial charge < -0.3 is 5.32 Å². The van der Waals surface area contributed by atoms with Crippen LogP contribution < -0.4 is 5.32 Å². The number of hydrogen-bond acceptors (Lipinski definition) is 1. The Hall–Kier alpha value is -0.780. The van der Waals surface area contributed by atoms with Gasteiger partial charge in [-0.05, 0) is 52.7 Å². The highest BCUT2D eigenvalue weighted by molar-refractivity contribution is 9.10. The molecule has 0 bridgehead atoms. The van der Waals surface area contributed by atoms with E-state index in [-0.39, 0.29) is 10.0 Å². The zero-order valence-electron chi connectivity index (χ0n) is 11.5. The molecule has 21 heavy (non-hydrogen) atoms. The number of rotatable bonds is 5. The SMILES string of the molecule is CCNC(Cc1ccccc1Br)c1c(F)ccc(Br)c1F. The van der Waals surface area contributed by atoms with Crippen LogP contribution >= 0.6 is 31.9 Å². The quantitative estimate of drug-likeness (QED) is 0.642. The van der Waals surface area contributed by atoms with E-state index in [1.54, 1.807) is 0 Å². The lowest BCUT2D eigenvalue weighted by atomic mass is 9.98. The molecule has 0 fully saturated rings. The summed E-state index contributed by atoms with van der Waals surface area (Å²) in [4.78, 5) is 0. The molecule has 1 unspecified atom stereocenters. The lowest BCUT2D eigenvalue weighted by Gasteiger charge is -2.21. The van der Waals surface area contributed by atoms with Crippen molar-refractivity contribution in [2.75, 3.05) is 6.54 Å². The van der Waals surface area contributed by atoms with Crippen LogP contribution in [0.5, 0.6) is 0 Å². The summed E-state index contributed by atoms with van der Waals surface area (Å²) in [5.74, 6) is -1.08. The van der Waals surface area contributed by atoms with Gasteiger partial charge in [-0.25, -0.2) is 8.78 Å². The lowest BCUT2D eigenvalue weighted by molar-refractivity contribution is 0.470. The zero-order valence-corrected chi connectivity index (χ0v) is 14.6. The van der Waals surface area contributed by atoms with E-state index in [9.17, 15) is 8.78 Å². The molecule has 2 rings (SSSR count). The number of nitrogens with one attached hydrogen (secondary N) is 1. The van der Waals surface area contributed by atoms with Gasteiger partial charge >= 0.3 is 0 Å². The first kappa shape index (κ1) is 16.6. The maximum atomic E-state index is 14.3. The maximum absolute atomic E-state index is 14.3. The van der Waals surface area contributed by atoms with Crippen LogP contribution in [0.2, 0.25) is 0 Å². The molecule has 112 valence electrons. The van der Waals surface area contributed by atoms with Crippen LogP contribution in [-0.2, 0) is 6.42 Å². The fraction of sp³-hybridized carbons (Fsp3) is 0.250. The first-order valence-electron chi connectivity index (χ1n) is 6.64. The number of benzene rings is 2. The van der Waals surface area contributed by atoms with Gasteiger partial charge in [-0.15, -0.1) is 0 Å². The summed E-state index contributed by atoms with van der Waals surface area (Å²) >= 11 is 6.60. The first-order chi connectivity index (χ1) is 10.0. The molecule has 5 heteroatoms. The molecular weight excluding hydrogens is 404 g/mol. The summed E-state index contributed by atoms with van der Waals surface area (Å²) in [6, 6.07) is 9.94. The van der Waals surface area contributed by atoms with E-state index in [0.717, 1.165) is 10.0 Å². The van der Waals surface area contributed by atoms with Crippen LogP contribution in [0.15, 0.2) is 45.3 Å². The highest BCUT2D eigenvalue weighted by Gasteiger charge is 2.22. The molecule has 0 amide bonds. The Labute approximate surface area is 140 Å². The second-order valence-corrected chi connectivity index (χ2v) is 6.37. The lowest BCUT2D eigenvalue weighted by Crippen LogP contribution is -2.25. The van der Waals surface area contributed by atoms with E-state index in [1.807, 2.05) is 31.2 Å². The van der Waals surface area contributed by atoms with E-state index >= 15 is 0 Å². The smallest absolute Gasteiger partial charge is 0.145 e. The van der Waals surface area contributed by atoms with Crippen LogP contribution in [0.1, 0.15) is 24.1 Å². The van der Waals surface area contributed by atoms with Crippen molar-refractivity contribution in [3.8, 4) is 0 Å². The van der Waals surface area contributed by atoms with Crippen molar-refractivity contribution in [1.82, 2.24) is 5.32 Å². The summed E-state index contributed by atoms with van der Waals surface area (Å²) in [5.41, 5.74) is 1.07. The molecule has 0 aliphatic heterocycles. The average molecular weight is 419 g/mol. The molecule has 1 atom stereocenters. The van der Waals surface area contributed by atoms with Gasteiger partial charge in [-0.2, -0.15) is 0 Å². The zero-order chi connectivity index (χ0) is 15.4. The number of hydrogen-bond donors (Lipinski definition) is 1. The molecule has 0 saturated carbocycles. The topological polar surface area (TPSA) is 12.0 Å². The van der Waals surface area contributed by atoms with Gasteiger partial charge in [0.15, 0.2) is 0 Å². The van der Waals surface area contributed by atoms with Crippen molar-refractivity contribution < 1.29 is 8.78 Å². The number of halogens is 4. The molecule has 0 radical (unpaired) electrons. The summed E-state index contributed by atoms with van der Waals surface area (Å²) in [6.45, 7) is 2.54. The first-order valence-corrected chi connectivity index (χ1v) is 8.23. The van der Waals surface area contributed by atoms with Gasteiger partial charge in [0.05, 0.1) is 4.47 Å². The van der Waals surface area contributed by atoms with E-state index < -0.39 is 17.7 Å². The van der Waals surface area contributed by atoms with Crippen molar-refractivity contribution in [3.05, 3.63) is 68.1 Å². The molecule has 1 nitrogen and oxygen atoms in total. The van der Waals surface area contributed by atoms with E-state index in [1.165, 1.54) is 12.1 Å².